The third-order valence-corrected chi connectivity index (χ3v) is 8.05. The lowest BCUT2D eigenvalue weighted by Crippen LogP contribution is -2.50. The van der Waals surface area contributed by atoms with Crippen molar-refractivity contribution in [3.8, 4) is 6.07 Å². The molecule has 1 N–H and O–H groups in total. The average Bonchev–Trinajstić information content (AvgIpc) is 2.92. The van der Waals surface area contributed by atoms with Gasteiger partial charge in [-0.05, 0) is 54.2 Å². The van der Waals surface area contributed by atoms with Crippen molar-refractivity contribution >= 4 is 17.3 Å². The molecule has 216 valence electrons. The summed E-state index contributed by atoms with van der Waals surface area (Å²) in [5.74, 6) is 0.0198. The van der Waals surface area contributed by atoms with Crippen LogP contribution in [0.25, 0.3) is 0 Å². The Hall–Kier alpha value is -3.25. The highest BCUT2D eigenvalue weighted by atomic mass is 19.4. The van der Waals surface area contributed by atoms with Gasteiger partial charge in [0.2, 0.25) is 5.91 Å². The maximum absolute atomic E-state index is 13.3. The van der Waals surface area contributed by atoms with Gasteiger partial charge in [0.1, 0.15) is 0 Å². The van der Waals surface area contributed by atoms with Gasteiger partial charge in [0.25, 0.3) is 0 Å². The van der Waals surface area contributed by atoms with Gasteiger partial charge >= 0.3 is 6.18 Å². The average molecular weight is 556 g/mol. The molecule has 2 aromatic rings. The van der Waals surface area contributed by atoms with E-state index in [-0.39, 0.29) is 28.8 Å². The van der Waals surface area contributed by atoms with E-state index in [0.29, 0.717) is 31.6 Å². The van der Waals surface area contributed by atoms with Crippen LogP contribution in [0.15, 0.2) is 42.5 Å². The van der Waals surface area contributed by atoms with Crippen molar-refractivity contribution in [3.05, 3.63) is 59.2 Å². The Morgan fingerprint density at radius 1 is 1.00 bits per heavy atom. The number of hydrogen-bond donors (Lipinski definition) is 1. The van der Waals surface area contributed by atoms with Crippen molar-refractivity contribution in [2.75, 3.05) is 56.0 Å². The number of likely N-dealkylation sites (tertiary alicyclic amines) is 1. The van der Waals surface area contributed by atoms with Gasteiger partial charge in [-0.3, -0.25) is 9.69 Å². The first kappa shape index (κ1) is 29.7. The molecule has 2 heterocycles. The highest BCUT2D eigenvalue weighted by Gasteiger charge is 2.34. The Morgan fingerprint density at radius 2 is 1.62 bits per heavy atom. The van der Waals surface area contributed by atoms with E-state index in [2.05, 4.69) is 60.2 Å². The van der Waals surface area contributed by atoms with Crippen molar-refractivity contribution in [2.45, 2.75) is 58.2 Å². The minimum absolute atomic E-state index is 0.0288. The number of carbonyl (C=O) groups is 1. The zero-order valence-corrected chi connectivity index (χ0v) is 23.9. The normalized spacial score (nSPS) is 18.4. The lowest BCUT2D eigenvalue weighted by atomic mass is 9.87. The van der Waals surface area contributed by atoms with E-state index < -0.39 is 11.7 Å². The fourth-order valence-corrected chi connectivity index (χ4v) is 5.58. The monoisotopic (exact) mass is 555 g/mol. The molecule has 0 saturated carbocycles. The van der Waals surface area contributed by atoms with Crippen molar-refractivity contribution < 1.29 is 18.0 Å². The molecule has 0 radical (unpaired) electrons. The summed E-state index contributed by atoms with van der Waals surface area (Å²) in [6.45, 7) is 14.2. The van der Waals surface area contributed by atoms with Gasteiger partial charge in [0.15, 0.2) is 0 Å². The van der Waals surface area contributed by atoms with E-state index in [0.717, 1.165) is 38.8 Å². The summed E-state index contributed by atoms with van der Waals surface area (Å²) in [6.07, 6.45) is -3.27. The molecule has 40 heavy (non-hydrogen) atoms. The Labute approximate surface area is 235 Å². The molecule has 0 spiro atoms. The molecule has 0 aromatic heterocycles. The molecule has 9 heteroatoms. The summed E-state index contributed by atoms with van der Waals surface area (Å²) in [5.41, 5.74) is 1.73. The number of alkyl halides is 3. The number of amides is 1. The number of piperazine rings is 1. The lowest BCUT2D eigenvalue weighted by Gasteiger charge is -2.38. The molecule has 1 amide bonds. The van der Waals surface area contributed by atoms with Crippen LogP contribution in [0.2, 0.25) is 0 Å². The van der Waals surface area contributed by atoms with Gasteiger partial charge in [-0.15, -0.1) is 0 Å². The molecule has 2 fully saturated rings. The zero-order valence-electron chi connectivity index (χ0n) is 23.9. The summed E-state index contributed by atoms with van der Waals surface area (Å²) >= 11 is 0. The van der Waals surface area contributed by atoms with Gasteiger partial charge in [-0.1, -0.05) is 39.8 Å². The fraction of sp³-hybridized carbons (Fsp3) is 0.548. The zero-order chi connectivity index (χ0) is 29.1. The first-order chi connectivity index (χ1) is 18.8. The number of hydrogen-bond acceptors (Lipinski definition) is 5. The number of nitrogens with one attached hydrogen (secondary N) is 1. The number of nitriles is 1. The summed E-state index contributed by atoms with van der Waals surface area (Å²) in [4.78, 5) is 19.8. The predicted molar refractivity (Wildman–Crippen MR) is 152 cm³/mol. The van der Waals surface area contributed by atoms with Crippen molar-refractivity contribution in [1.82, 2.24) is 9.80 Å². The van der Waals surface area contributed by atoms with E-state index in [1.807, 2.05) is 11.8 Å². The molecule has 1 atom stereocenters. The lowest BCUT2D eigenvalue weighted by molar-refractivity contribution is -0.138. The molecular formula is C31H40F3N5O. The largest absolute Gasteiger partial charge is 0.417 e. The maximum Gasteiger partial charge on any atom is 0.417 e. The molecule has 4 rings (SSSR count). The molecule has 0 aliphatic carbocycles. The third kappa shape index (κ3) is 7.28. The van der Waals surface area contributed by atoms with Gasteiger partial charge in [0, 0.05) is 69.1 Å². The number of nitrogens with zero attached hydrogens (tertiary/aromatic N) is 4. The van der Waals surface area contributed by atoms with Crippen LogP contribution in [-0.4, -0.2) is 67.6 Å². The second-order valence-corrected chi connectivity index (χ2v) is 12.1. The van der Waals surface area contributed by atoms with Crippen LogP contribution in [0.4, 0.5) is 24.5 Å². The summed E-state index contributed by atoms with van der Waals surface area (Å²) in [6, 6.07) is 14.1. The first-order valence-corrected chi connectivity index (χ1v) is 14.1. The first-order valence-electron chi connectivity index (χ1n) is 14.1. The van der Waals surface area contributed by atoms with Crippen LogP contribution in [-0.2, 0) is 16.4 Å². The Balaban J connectivity index is 1.22. The van der Waals surface area contributed by atoms with E-state index in [9.17, 15) is 18.0 Å². The number of benzene rings is 2. The van der Waals surface area contributed by atoms with E-state index in [1.54, 1.807) is 6.07 Å². The van der Waals surface area contributed by atoms with Gasteiger partial charge in [-0.2, -0.15) is 18.4 Å². The molecule has 2 aliphatic rings. The van der Waals surface area contributed by atoms with Crippen molar-refractivity contribution in [1.29, 1.82) is 5.26 Å². The molecule has 0 bridgehead atoms. The predicted octanol–water partition coefficient (Wildman–Crippen LogP) is 5.74. The summed E-state index contributed by atoms with van der Waals surface area (Å²) in [5, 5.41) is 12.2. The van der Waals surface area contributed by atoms with Crippen LogP contribution in [0.3, 0.4) is 0 Å². The van der Waals surface area contributed by atoms with Gasteiger partial charge < -0.3 is 15.1 Å². The third-order valence-electron chi connectivity index (χ3n) is 8.05. The fourth-order valence-electron chi connectivity index (χ4n) is 5.58. The van der Waals surface area contributed by atoms with Gasteiger partial charge in [-0.25, -0.2) is 0 Å². The van der Waals surface area contributed by atoms with E-state index in [4.69, 9.17) is 5.26 Å². The molecule has 6 nitrogen and oxygen atoms in total. The topological polar surface area (TPSA) is 62.6 Å². The highest BCUT2D eigenvalue weighted by molar-refractivity contribution is 5.78. The standard InChI is InChI=1S/C31H40F3N5O/c1-22(21-37-15-17-38(18-16-37)27-9-6-24(7-10-27)30(2,3)4)29(40)39-13-11-25(12-14-39)36-26-8-5-23(20-35)28(19-26)31(32,33)34/h5-10,19,22,25,36H,11-18,21H2,1-4H3. The minimum Gasteiger partial charge on any atom is -0.382 e. The SMILES string of the molecule is CC(CN1CCN(c2ccc(C(C)(C)C)cc2)CC1)C(=O)N1CCC(Nc2ccc(C#N)c(C(F)(F)F)c2)CC1. The molecule has 2 saturated heterocycles. The number of anilines is 2. The van der Waals surface area contributed by atoms with Crippen LogP contribution in [0.1, 0.15) is 57.2 Å². The second kappa shape index (κ2) is 12.1. The van der Waals surface area contributed by atoms with Crippen LogP contribution >= 0.6 is 0 Å². The summed E-state index contributed by atoms with van der Waals surface area (Å²) in [7, 11) is 0. The number of carbonyl (C=O) groups excluding carboxylic acids is 1. The van der Waals surface area contributed by atoms with Crippen LogP contribution in [0.5, 0.6) is 0 Å². The van der Waals surface area contributed by atoms with Gasteiger partial charge in [0.05, 0.1) is 17.2 Å². The molecular weight excluding hydrogens is 515 g/mol. The molecule has 1 unspecified atom stereocenters. The van der Waals surface area contributed by atoms with Crippen LogP contribution in [0, 0.1) is 17.2 Å². The number of halogens is 3. The molecule has 2 aliphatic heterocycles. The van der Waals surface area contributed by atoms with Crippen molar-refractivity contribution in [2.24, 2.45) is 5.92 Å². The molecule has 2 aromatic carbocycles. The Bertz CT molecular complexity index is 1200. The van der Waals surface area contributed by atoms with Crippen molar-refractivity contribution in [3.63, 3.8) is 0 Å². The Morgan fingerprint density at radius 3 is 2.17 bits per heavy atom. The number of piperidine rings is 1. The van der Waals surface area contributed by atoms with E-state index >= 15 is 0 Å². The Kier molecular flexibility index (Phi) is 8.99. The highest BCUT2D eigenvalue weighted by Crippen LogP contribution is 2.34. The van der Waals surface area contributed by atoms with E-state index in [1.165, 1.54) is 23.4 Å². The van der Waals surface area contributed by atoms with Crippen LogP contribution < -0.4 is 10.2 Å². The summed E-state index contributed by atoms with van der Waals surface area (Å²) < 4.78 is 39.9. The quantitative estimate of drug-likeness (QED) is 0.493. The smallest absolute Gasteiger partial charge is 0.382 e. The second-order valence-electron chi connectivity index (χ2n) is 12.1. The maximum atomic E-state index is 13.3. The minimum atomic E-state index is -4.58. The number of rotatable bonds is 6.